The minimum atomic E-state index is -0.389. The number of rotatable bonds is 6. The first-order valence-electron chi connectivity index (χ1n) is 8.21. The van der Waals surface area contributed by atoms with Crippen LogP contribution < -0.4 is 15.8 Å². The number of anilines is 1. The van der Waals surface area contributed by atoms with E-state index in [9.17, 15) is 9.59 Å². The molecule has 3 rings (SSSR count). The van der Waals surface area contributed by atoms with Crippen molar-refractivity contribution in [1.82, 2.24) is 15.3 Å². The summed E-state index contributed by atoms with van der Waals surface area (Å²) >= 11 is 0. The quantitative estimate of drug-likeness (QED) is 0.850. The highest BCUT2D eigenvalue weighted by molar-refractivity contribution is 5.93. The predicted octanol–water partition coefficient (Wildman–Crippen LogP) is 1.90. The highest BCUT2D eigenvalue weighted by Gasteiger charge is 2.26. The number of hydrogen-bond acceptors (Lipinski definition) is 4. The molecular weight excluding hydrogens is 304 g/mol. The lowest BCUT2D eigenvalue weighted by atomic mass is 10.2. The number of likely N-dealkylation sites (N-methyl/N-ethyl adjacent to an activating group) is 1. The molecular formula is C18H22N4O2. The molecule has 126 valence electrons. The van der Waals surface area contributed by atoms with Crippen LogP contribution in [0, 0.1) is 0 Å². The second-order valence-corrected chi connectivity index (χ2v) is 6.29. The third-order valence-corrected chi connectivity index (χ3v) is 4.41. The van der Waals surface area contributed by atoms with Gasteiger partial charge < -0.3 is 15.2 Å². The second kappa shape index (κ2) is 6.86. The Morgan fingerprint density at radius 2 is 2.08 bits per heavy atom. The number of carbonyl (C=O) groups is 1. The third kappa shape index (κ3) is 3.64. The van der Waals surface area contributed by atoms with Crippen molar-refractivity contribution >= 4 is 11.6 Å². The summed E-state index contributed by atoms with van der Waals surface area (Å²) in [4.78, 5) is 33.3. The van der Waals surface area contributed by atoms with Gasteiger partial charge in [-0.05, 0) is 31.9 Å². The summed E-state index contributed by atoms with van der Waals surface area (Å²) < 4.78 is 0. The van der Waals surface area contributed by atoms with E-state index in [4.69, 9.17) is 0 Å². The smallest absolute Gasteiger partial charge is 0.263 e. The molecule has 1 saturated carbocycles. The lowest BCUT2D eigenvalue weighted by Crippen LogP contribution is -2.41. The fourth-order valence-electron chi connectivity index (χ4n) is 2.52. The third-order valence-electron chi connectivity index (χ3n) is 4.41. The Kier molecular flexibility index (Phi) is 4.64. The lowest BCUT2D eigenvalue weighted by molar-refractivity contribution is 0.0949. The SMILES string of the molecule is C[C@H](CNC(=O)c1cnc(C2CC2)[nH]c1=O)N(C)c1ccccc1. The molecule has 1 amide bonds. The van der Waals surface area contributed by atoms with E-state index in [2.05, 4.69) is 20.2 Å². The van der Waals surface area contributed by atoms with Gasteiger partial charge in [-0.3, -0.25) is 9.59 Å². The van der Waals surface area contributed by atoms with E-state index in [0.717, 1.165) is 18.5 Å². The summed E-state index contributed by atoms with van der Waals surface area (Å²) in [6.45, 7) is 2.46. The number of amides is 1. The van der Waals surface area contributed by atoms with E-state index in [1.54, 1.807) is 0 Å². The van der Waals surface area contributed by atoms with Crippen LogP contribution in [-0.4, -0.2) is 35.5 Å². The van der Waals surface area contributed by atoms with E-state index < -0.39 is 0 Å². The molecule has 2 N–H and O–H groups in total. The van der Waals surface area contributed by atoms with Crippen molar-refractivity contribution in [3.05, 3.63) is 58.3 Å². The first-order valence-corrected chi connectivity index (χ1v) is 8.21. The lowest BCUT2D eigenvalue weighted by Gasteiger charge is -2.27. The number of benzene rings is 1. The fourth-order valence-corrected chi connectivity index (χ4v) is 2.52. The van der Waals surface area contributed by atoms with Crippen molar-refractivity contribution in [1.29, 1.82) is 0 Å². The zero-order chi connectivity index (χ0) is 17.1. The van der Waals surface area contributed by atoms with Gasteiger partial charge in [-0.2, -0.15) is 0 Å². The zero-order valence-electron chi connectivity index (χ0n) is 14.0. The van der Waals surface area contributed by atoms with E-state index in [1.165, 1.54) is 6.20 Å². The first kappa shape index (κ1) is 16.2. The fraction of sp³-hybridized carbons (Fsp3) is 0.389. The van der Waals surface area contributed by atoms with Crippen LogP contribution >= 0.6 is 0 Å². The van der Waals surface area contributed by atoms with Crippen LogP contribution in [0.2, 0.25) is 0 Å². The molecule has 0 bridgehead atoms. The summed E-state index contributed by atoms with van der Waals surface area (Å²) in [5.74, 6) is 0.655. The highest BCUT2D eigenvalue weighted by atomic mass is 16.2. The van der Waals surface area contributed by atoms with Gasteiger partial charge >= 0.3 is 0 Å². The summed E-state index contributed by atoms with van der Waals surface area (Å²) in [7, 11) is 1.98. The van der Waals surface area contributed by atoms with Crippen LogP contribution in [0.15, 0.2) is 41.3 Å². The number of aromatic nitrogens is 2. The molecule has 24 heavy (non-hydrogen) atoms. The molecule has 1 heterocycles. The Morgan fingerprint density at radius 1 is 1.38 bits per heavy atom. The highest BCUT2D eigenvalue weighted by Crippen LogP contribution is 2.37. The Bertz CT molecular complexity index is 768. The zero-order valence-corrected chi connectivity index (χ0v) is 14.0. The first-order chi connectivity index (χ1) is 11.6. The molecule has 0 spiro atoms. The normalized spacial score (nSPS) is 14.9. The van der Waals surface area contributed by atoms with Gasteiger partial charge in [-0.15, -0.1) is 0 Å². The van der Waals surface area contributed by atoms with Gasteiger partial charge in [0, 0.05) is 37.4 Å². The maximum absolute atomic E-state index is 12.2. The Balaban J connectivity index is 1.60. The van der Waals surface area contributed by atoms with Crippen molar-refractivity contribution < 1.29 is 4.79 Å². The molecule has 0 unspecified atom stereocenters. The van der Waals surface area contributed by atoms with E-state index in [-0.39, 0.29) is 23.1 Å². The number of H-pyrrole nitrogens is 1. The average molecular weight is 326 g/mol. The van der Waals surface area contributed by atoms with Gasteiger partial charge in [-0.1, -0.05) is 18.2 Å². The van der Waals surface area contributed by atoms with Gasteiger partial charge in [0.05, 0.1) is 0 Å². The van der Waals surface area contributed by atoms with Crippen LogP contribution in [0.4, 0.5) is 5.69 Å². The monoisotopic (exact) mass is 326 g/mol. The summed E-state index contributed by atoms with van der Waals surface area (Å²) in [5, 5.41) is 2.81. The molecule has 0 radical (unpaired) electrons. The number of para-hydroxylation sites is 1. The summed E-state index contributed by atoms with van der Waals surface area (Å²) in [6, 6.07) is 10.0. The minimum Gasteiger partial charge on any atom is -0.370 e. The Hall–Kier alpha value is -2.63. The molecule has 2 aromatic rings. The number of nitrogens with zero attached hydrogens (tertiary/aromatic N) is 2. The predicted molar refractivity (Wildman–Crippen MR) is 93.5 cm³/mol. The summed E-state index contributed by atoms with van der Waals surface area (Å²) in [6.07, 6.45) is 3.49. The summed E-state index contributed by atoms with van der Waals surface area (Å²) in [5.41, 5.74) is 0.773. The van der Waals surface area contributed by atoms with Crippen LogP contribution in [0.5, 0.6) is 0 Å². The largest absolute Gasteiger partial charge is 0.370 e. The van der Waals surface area contributed by atoms with Crippen LogP contribution in [0.3, 0.4) is 0 Å². The van der Waals surface area contributed by atoms with Crippen molar-refractivity contribution in [2.75, 3.05) is 18.5 Å². The maximum atomic E-state index is 12.2. The number of nitrogens with one attached hydrogen (secondary N) is 2. The molecule has 1 aliphatic carbocycles. The van der Waals surface area contributed by atoms with Crippen LogP contribution in [0.1, 0.15) is 41.9 Å². The van der Waals surface area contributed by atoms with E-state index >= 15 is 0 Å². The second-order valence-electron chi connectivity index (χ2n) is 6.29. The van der Waals surface area contributed by atoms with Crippen LogP contribution in [-0.2, 0) is 0 Å². The molecule has 1 aromatic heterocycles. The maximum Gasteiger partial charge on any atom is 0.263 e. The van der Waals surface area contributed by atoms with Crippen LogP contribution in [0.25, 0.3) is 0 Å². The van der Waals surface area contributed by atoms with Gasteiger partial charge in [-0.25, -0.2) is 4.98 Å². The van der Waals surface area contributed by atoms with Crippen molar-refractivity contribution in [3.63, 3.8) is 0 Å². The van der Waals surface area contributed by atoms with Gasteiger partial charge in [0.2, 0.25) is 0 Å². The minimum absolute atomic E-state index is 0.0639. The number of hydrogen-bond donors (Lipinski definition) is 2. The molecule has 0 saturated heterocycles. The van der Waals surface area contributed by atoms with Gasteiger partial charge in [0.15, 0.2) is 0 Å². The Morgan fingerprint density at radius 3 is 2.71 bits per heavy atom. The Labute approximate surface area is 140 Å². The van der Waals surface area contributed by atoms with E-state index in [0.29, 0.717) is 18.3 Å². The van der Waals surface area contributed by atoms with Crippen molar-refractivity contribution in [2.45, 2.75) is 31.7 Å². The molecule has 1 fully saturated rings. The van der Waals surface area contributed by atoms with E-state index in [1.807, 2.05) is 44.3 Å². The molecule has 6 heteroatoms. The van der Waals surface area contributed by atoms with Gasteiger partial charge in [0.25, 0.3) is 11.5 Å². The molecule has 0 aliphatic heterocycles. The molecule has 1 aromatic carbocycles. The number of carbonyl (C=O) groups excluding carboxylic acids is 1. The topological polar surface area (TPSA) is 78.1 Å². The van der Waals surface area contributed by atoms with Crippen molar-refractivity contribution in [3.8, 4) is 0 Å². The molecule has 6 nitrogen and oxygen atoms in total. The van der Waals surface area contributed by atoms with Crippen molar-refractivity contribution in [2.24, 2.45) is 0 Å². The number of aromatic amines is 1. The molecule has 1 aliphatic rings. The van der Waals surface area contributed by atoms with Gasteiger partial charge in [0.1, 0.15) is 11.4 Å². The molecule has 1 atom stereocenters. The average Bonchev–Trinajstić information content (AvgIpc) is 3.44. The standard InChI is InChI=1S/C18H22N4O2/c1-12(22(2)14-6-4-3-5-7-14)10-20-17(23)15-11-19-16(13-8-9-13)21-18(15)24/h3-7,11-13H,8-10H2,1-2H3,(H,20,23)(H,19,21,24)/t12-/m1/s1.